The van der Waals surface area contributed by atoms with Gasteiger partial charge in [0.25, 0.3) is 0 Å². The zero-order valence-corrected chi connectivity index (χ0v) is 63.0. The normalized spacial score (nSPS) is 12.7. The molecule has 0 fully saturated rings. The maximum Gasteiger partial charge on any atom is 0.305 e. The minimum atomic E-state index is -0.844. The van der Waals surface area contributed by atoms with Crippen LogP contribution < -0.4 is 5.32 Å². The molecule has 1 amide bonds. The Morgan fingerprint density at radius 2 is 0.538 bits per heavy atom. The Balaban J connectivity index is 3.37. The summed E-state index contributed by atoms with van der Waals surface area (Å²) in [5.74, 6) is -0.0422. The number of nitrogens with one attached hydrogen (secondary N) is 1. The third-order valence-corrected chi connectivity index (χ3v) is 19.8. The van der Waals surface area contributed by atoms with Gasteiger partial charge in [0.1, 0.15) is 0 Å². The zero-order chi connectivity index (χ0) is 67.0. The molecule has 0 aromatic carbocycles. The molecule has 0 bridgehead atoms. The highest BCUT2D eigenvalue weighted by molar-refractivity contribution is 5.76. The number of rotatable bonds is 80. The van der Waals surface area contributed by atoms with Crippen LogP contribution in [0.3, 0.4) is 0 Å². The fourth-order valence-electron chi connectivity index (χ4n) is 13.4. The molecule has 93 heavy (non-hydrogen) atoms. The Hall–Kier alpha value is -2.18. The SMILES string of the molecule is CCCCCCCC/C=C\CCCCCCCCCCCC(=O)OCCCCCCCCCCCCCCC/C=C\C/C=C\CCCCCCCCCCCCCCCCCCCC(=O)NC(CO)C(O)/C=C/CCCCCCCCCCCCCCCCCCCC. The second-order valence-corrected chi connectivity index (χ2v) is 29.2. The van der Waals surface area contributed by atoms with Gasteiger partial charge in [0.15, 0.2) is 0 Å². The minimum Gasteiger partial charge on any atom is -0.466 e. The number of allylic oxidation sites excluding steroid dienone is 7. The van der Waals surface area contributed by atoms with Crippen LogP contribution in [-0.2, 0) is 14.3 Å². The van der Waals surface area contributed by atoms with Crippen LogP contribution in [-0.4, -0.2) is 47.4 Å². The molecule has 0 aliphatic rings. The molecule has 0 heterocycles. The van der Waals surface area contributed by atoms with Crippen molar-refractivity contribution in [3.8, 4) is 0 Å². The highest BCUT2D eigenvalue weighted by Crippen LogP contribution is 2.20. The van der Waals surface area contributed by atoms with Crippen LogP contribution in [0.4, 0.5) is 0 Å². The minimum absolute atomic E-state index is 0.0189. The third kappa shape index (κ3) is 78.7. The lowest BCUT2D eigenvalue weighted by Crippen LogP contribution is -2.45. The number of amides is 1. The number of aliphatic hydroxyl groups excluding tert-OH is 2. The first-order valence-corrected chi connectivity index (χ1v) is 42.4. The monoisotopic (exact) mass is 1300 g/mol. The van der Waals surface area contributed by atoms with Crippen molar-refractivity contribution < 1.29 is 24.5 Å². The van der Waals surface area contributed by atoms with Crippen LogP contribution in [0.15, 0.2) is 48.6 Å². The molecular weight excluding hydrogens is 1140 g/mol. The quantitative estimate of drug-likeness (QED) is 0.0320. The van der Waals surface area contributed by atoms with Gasteiger partial charge < -0.3 is 20.3 Å². The molecule has 0 rings (SSSR count). The summed E-state index contributed by atoms with van der Waals surface area (Å²) >= 11 is 0. The second kappa shape index (κ2) is 82.2. The van der Waals surface area contributed by atoms with Crippen LogP contribution in [0.5, 0.6) is 0 Å². The topological polar surface area (TPSA) is 95.9 Å². The van der Waals surface area contributed by atoms with E-state index in [4.69, 9.17) is 4.74 Å². The Kier molecular flexibility index (Phi) is 80.3. The summed E-state index contributed by atoms with van der Waals surface area (Å²) in [6.45, 7) is 4.95. The van der Waals surface area contributed by atoms with E-state index in [9.17, 15) is 19.8 Å². The van der Waals surface area contributed by atoms with Gasteiger partial charge >= 0.3 is 5.97 Å². The summed E-state index contributed by atoms with van der Waals surface area (Å²) in [6, 6.07) is -0.627. The molecular formula is C87H165NO5. The summed E-state index contributed by atoms with van der Waals surface area (Å²) in [7, 11) is 0. The molecule has 2 atom stereocenters. The predicted molar refractivity (Wildman–Crippen MR) is 412 cm³/mol. The van der Waals surface area contributed by atoms with Gasteiger partial charge in [-0.2, -0.15) is 0 Å². The average molecular weight is 1310 g/mol. The predicted octanol–water partition coefficient (Wildman–Crippen LogP) is 28.3. The lowest BCUT2D eigenvalue weighted by Gasteiger charge is -2.20. The molecule has 0 saturated heterocycles. The first-order chi connectivity index (χ1) is 46.0. The number of ether oxygens (including phenoxy) is 1. The molecule has 0 radical (unpaired) electrons. The van der Waals surface area contributed by atoms with Crippen molar-refractivity contribution >= 4 is 11.9 Å². The van der Waals surface area contributed by atoms with Crippen LogP contribution in [0.25, 0.3) is 0 Å². The maximum absolute atomic E-state index is 12.5. The fourth-order valence-corrected chi connectivity index (χ4v) is 13.4. The van der Waals surface area contributed by atoms with Crippen molar-refractivity contribution in [3.05, 3.63) is 48.6 Å². The van der Waals surface area contributed by atoms with Gasteiger partial charge in [-0.25, -0.2) is 0 Å². The van der Waals surface area contributed by atoms with E-state index in [-0.39, 0.29) is 18.5 Å². The number of hydrogen-bond donors (Lipinski definition) is 3. The Morgan fingerprint density at radius 1 is 0.301 bits per heavy atom. The van der Waals surface area contributed by atoms with Gasteiger partial charge in [-0.1, -0.05) is 416 Å². The number of unbranched alkanes of at least 4 members (excludes halogenated alkanes) is 63. The van der Waals surface area contributed by atoms with Gasteiger partial charge in [0.05, 0.1) is 25.4 Å². The lowest BCUT2D eigenvalue weighted by atomic mass is 10.0. The van der Waals surface area contributed by atoms with Crippen LogP contribution in [0.1, 0.15) is 470 Å². The summed E-state index contributed by atoms with van der Waals surface area (Å²) in [4.78, 5) is 24.7. The first kappa shape index (κ1) is 90.8. The Bertz CT molecular complexity index is 1550. The van der Waals surface area contributed by atoms with E-state index >= 15 is 0 Å². The Labute approximate surface area is 582 Å². The molecule has 0 aliphatic heterocycles. The van der Waals surface area contributed by atoms with E-state index in [1.54, 1.807) is 6.08 Å². The van der Waals surface area contributed by atoms with Gasteiger partial charge in [0, 0.05) is 12.8 Å². The molecule has 0 aromatic heterocycles. The lowest BCUT2D eigenvalue weighted by molar-refractivity contribution is -0.143. The van der Waals surface area contributed by atoms with Crippen molar-refractivity contribution in [2.24, 2.45) is 0 Å². The van der Waals surface area contributed by atoms with E-state index < -0.39 is 12.1 Å². The number of carbonyl (C=O) groups excluding carboxylic acids is 2. The summed E-state index contributed by atoms with van der Waals surface area (Å²) in [5, 5.41) is 23.3. The fraction of sp³-hybridized carbons (Fsp3) is 0.885. The molecule has 0 aromatic rings. The second-order valence-electron chi connectivity index (χ2n) is 29.2. The standard InChI is InChI=1S/C87H165NO5/c1-3-5-7-9-11-13-15-17-19-21-23-44-47-51-55-59-63-67-71-75-79-85(90)84(83-89)88-86(91)80-76-72-68-64-60-56-52-48-45-41-39-37-35-33-31-29-27-25-24-26-28-30-32-34-36-38-40-42-46-50-54-58-62-66-70-74-78-82-93-87(92)81-77-73-69-65-61-57-53-49-43-22-20-18-16-14-12-10-8-6-4-2/h18,20,24,26,30,32,75,79,84-85,89-90H,3-17,19,21-23,25,27-29,31,33-74,76-78,80-83H2,1-2H3,(H,88,91)/b20-18-,26-24-,32-30-,79-75+. The molecule has 3 N–H and O–H groups in total. The number of esters is 1. The summed E-state index contributed by atoms with van der Waals surface area (Å²) in [6.07, 6.45) is 110. The molecule has 2 unspecified atom stereocenters. The largest absolute Gasteiger partial charge is 0.466 e. The number of carbonyl (C=O) groups is 2. The van der Waals surface area contributed by atoms with Crippen molar-refractivity contribution in [3.63, 3.8) is 0 Å². The molecule has 0 saturated carbocycles. The van der Waals surface area contributed by atoms with E-state index in [0.29, 0.717) is 19.4 Å². The molecule has 6 nitrogen and oxygen atoms in total. The van der Waals surface area contributed by atoms with Crippen molar-refractivity contribution in [1.29, 1.82) is 0 Å². The van der Waals surface area contributed by atoms with E-state index in [2.05, 4.69) is 55.6 Å². The highest BCUT2D eigenvalue weighted by Gasteiger charge is 2.18. The van der Waals surface area contributed by atoms with Crippen molar-refractivity contribution in [2.75, 3.05) is 13.2 Å². The van der Waals surface area contributed by atoms with Crippen molar-refractivity contribution in [2.45, 2.75) is 482 Å². The molecule has 548 valence electrons. The van der Waals surface area contributed by atoms with E-state index in [0.717, 1.165) is 44.9 Å². The molecule has 0 aliphatic carbocycles. The summed E-state index contributed by atoms with van der Waals surface area (Å²) in [5.41, 5.74) is 0. The first-order valence-electron chi connectivity index (χ1n) is 42.4. The third-order valence-electron chi connectivity index (χ3n) is 19.8. The number of aliphatic hydroxyl groups is 2. The summed E-state index contributed by atoms with van der Waals surface area (Å²) < 4.78 is 5.52. The van der Waals surface area contributed by atoms with E-state index in [1.165, 1.54) is 398 Å². The van der Waals surface area contributed by atoms with Gasteiger partial charge in [-0.05, 0) is 89.9 Å². The molecule has 6 heteroatoms. The zero-order valence-electron chi connectivity index (χ0n) is 63.0. The van der Waals surface area contributed by atoms with Crippen LogP contribution >= 0.6 is 0 Å². The smallest absolute Gasteiger partial charge is 0.305 e. The average Bonchev–Trinajstić information content (AvgIpc) is 3.78. The van der Waals surface area contributed by atoms with Crippen LogP contribution in [0, 0.1) is 0 Å². The van der Waals surface area contributed by atoms with Gasteiger partial charge in [-0.3, -0.25) is 9.59 Å². The van der Waals surface area contributed by atoms with E-state index in [1.807, 2.05) is 6.08 Å². The van der Waals surface area contributed by atoms with Crippen LogP contribution in [0.2, 0.25) is 0 Å². The van der Waals surface area contributed by atoms with Gasteiger partial charge in [-0.15, -0.1) is 0 Å². The van der Waals surface area contributed by atoms with Gasteiger partial charge in [0.2, 0.25) is 5.91 Å². The molecule has 0 spiro atoms. The highest BCUT2D eigenvalue weighted by atomic mass is 16.5. The Morgan fingerprint density at radius 3 is 0.828 bits per heavy atom. The van der Waals surface area contributed by atoms with Crippen molar-refractivity contribution in [1.82, 2.24) is 5.32 Å². The maximum atomic E-state index is 12.5. The number of hydrogen-bond acceptors (Lipinski definition) is 5.